The van der Waals surface area contributed by atoms with Crippen LogP contribution in [-0.4, -0.2) is 199 Å². The molecule has 0 atom stereocenters. The monoisotopic (exact) mass is 979 g/mol. The minimum absolute atomic E-state index is 0. The predicted octanol–water partition coefficient (Wildman–Crippen LogP) is 2.59. The normalized spacial score (nSPS) is 12.3. The summed E-state index contributed by atoms with van der Waals surface area (Å²) in [5.41, 5.74) is 21.0. The van der Waals surface area contributed by atoms with Crippen LogP contribution in [0.15, 0.2) is 0 Å². The highest BCUT2D eigenvalue weighted by atomic mass is 16.7. The van der Waals surface area contributed by atoms with Crippen LogP contribution in [0.4, 0.5) is 4.79 Å². The average Bonchev–Trinajstić information content (AvgIpc) is 3.56. The van der Waals surface area contributed by atoms with E-state index in [2.05, 4.69) is 10.2 Å². The molecule has 0 spiro atoms. The fourth-order valence-electron chi connectivity index (χ4n) is 4.85. The van der Waals surface area contributed by atoms with Gasteiger partial charge in [-0.1, -0.05) is 29.7 Å². The maximum atomic E-state index is 11.5. The molecular weight excluding hydrogens is 881 g/mol. The first-order valence-electron chi connectivity index (χ1n) is 22.0. The number of alkyl carbamates (subject to hydrolysis) is 1. The first-order chi connectivity index (χ1) is 30.4. The molecule has 1 rings (SSSR count). The minimum atomic E-state index is -0.712. The van der Waals surface area contributed by atoms with Gasteiger partial charge in [0, 0.05) is 45.8 Å². The van der Waals surface area contributed by atoms with Crippen molar-refractivity contribution in [1.29, 1.82) is 0 Å². The van der Waals surface area contributed by atoms with E-state index in [1.54, 1.807) is 20.8 Å². The Bertz CT molecular complexity index is 1030. The molecule has 0 aromatic rings. The second-order valence-electron chi connectivity index (χ2n) is 15.2. The molecule has 0 aromatic heterocycles. The molecule has 22 heteroatoms. The van der Waals surface area contributed by atoms with Crippen LogP contribution < -0.4 is 28.3 Å². The number of nitrogens with one attached hydrogen (secondary N) is 1. The maximum Gasteiger partial charge on any atom is 0.407 e. The number of nitrogens with two attached hydrogens (primary N) is 4. The summed E-state index contributed by atoms with van der Waals surface area (Å²) in [6, 6.07) is 0. The topological polar surface area (TPSA) is 298 Å². The van der Waals surface area contributed by atoms with Gasteiger partial charge in [0.25, 0.3) is 11.8 Å². The van der Waals surface area contributed by atoms with E-state index in [-0.39, 0.29) is 68.8 Å². The Morgan fingerprint density at radius 1 is 0.493 bits per heavy atom. The molecule has 0 radical (unpaired) electrons. The molecular formula is C45H98N6O16. The van der Waals surface area contributed by atoms with Crippen molar-refractivity contribution >= 4 is 23.9 Å². The molecule has 1 saturated heterocycles. The van der Waals surface area contributed by atoms with Gasteiger partial charge in [0.15, 0.2) is 0 Å². The number of rotatable bonds is 42. The summed E-state index contributed by atoms with van der Waals surface area (Å²) >= 11 is 0. The van der Waals surface area contributed by atoms with Crippen LogP contribution in [0.1, 0.15) is 95.4 Å². The number of hydroxylamine groups is 2. The Morgan fingerprint density at radius 2 is 0.806 bits per heavy atom. The van der Waals surface area contributed by atoms with Gasteiger partial charge in [-0.25, -0.2) is 9.59 Å². The first-order valence-corrected chi connectivity index (χ1v) is 22.0. The zero-order chi connectivity index (χ0) is 46.7. The smallest absolute Gasteiger partial charge is 0.407 e. The highest BCUT2D eigenvalue weighted by molar-refractivity contribution is 6.01. The quantitative estimate of drug-likeness (QED) is 0.0434. The van der Waals surface area contributed by atoms with Gasteiger partial charge in [0.2, 0.25) is 0 Å². The fourth-order valence-corrected chi connectivity index (χ4v) is 4.85. The van der Waals surface area contributed by atoms with Gasteiger partial charge >= 0.3 is 12.1 Å². The van der Waals surface area contributed by atoms with Crippen LogP contribution in [0.2, 0.25) is 0 Å². The molecule has 1 fully saturated rings. The number of amides is 3. The number of carbonyl (C=O) groups is 4. The summed E-state index contributed by atoms with van der Waals surface area (Å²) < 4.78 is 61.6. The summed E-state index contributed by atoms with van der Waals surface area (Å²) in [6.07, 6.45) is 2.83. The van der Waals surface area contributed by atoms with Crippen molar-refractivity contribution in [3.63, 3.8) is 0 Å². The van der Waals surface area contributed by atoms with Gasteiger partial charge in [-0.2, -0.15) is 0 Å². The van der Waals surface area contributed by atoms with Crippen molar-refractivity contribution in [3.8, 4) is 0 Å². The second-order valence-corrected chi connectivity index (χ2v) is 15.2. The molecule has 1 aliphatic heterocycles. The first kappa shape index (κ1) is 73.3. The largest absolute Gasteiger partial charge is 0.444 e. The van der Waals surface area contributed by atoms with Crippen LogP contribution in [0.25, 0.3) is 0 Å². The summed E-state index contributed by atoms with van der Waals surface area (Å²) in [4.78, 5) is 50.1. The van der Waals surface area contributed by atoms with Gasteiger partial charge in [-0.15, -0.1) is 5.06 Å². The number of ether oxygens (including phenoxy) is 11. The minimum Gasteiger partial charge on any atom is -0.444 e. The standard InChI is InChI=1S/C25H56N4O8.C16H26N2O8.4CH4/c26-5-1-9-30-13-17-34-21-25(22-35-18-14-31-10-2-6-27,23-36-19-15-32-11-3-7-28)24-37-20-16-33-12-4-8-29;1-16(2,3)25-15(22)17-7-9-24-11-10-23-8-6-14(21)26-18-12(19)4-5-13(18)20;;;;/h1-24,26-29H2;4-11H2,1-3H3,(H,17,22);4*1H4. The van der Waals surface area contributed by atoms with E-state index < -0.39 is 34.9 Å². The Morgan fingerprint density at radius 3 is 1.13 bits per heavy atom. The highest BCUT2D eigenvalue weighted by Crippen LogP contribution is 2.21. The van der Waals surface area contributed by atoms with Crippen molar-refractivity contribution in [1.82, 2.24) is 10.4 Å². The lowest BCUT2D eigenvalue weighted by Crippen LogP contribution is -2.43. The zero-order valence-electron chi connectivity index (χ0n) is 38.4. The number of carbonyl (C=O) groups excluding carboxylic acids is 4. The van der Waals surface area contributed by atoms with E-state index in [0.29, 0.717) is 150 Å². The third-order valence-corrected chi connectivity index (χ3v) is 8.03. The number of hydrogen-bond donors (Lipinski definition) is 5. The lowest BCUT2D eigenvalue weighted by atomic mass is 9.92. The van der Waals surface area contributed by atoms with Crippen LogP contribution in [0, 0.1) is 5.41 Å². The number of imide groups is 1. The van der Waals surface area contributed by atoms with Crippen molar-refractivity contribution in [2.24, 2.45) is 28.3 Å². The van der Waals surface area contributed by atoms with Gasteiger partial charge < -0.3 is 85.2 Å². The molecule has 0 saturated carbocycles. The third kappa shape index (κ3) is 46.8. The van der Waals surface area contributed by atoms with E-state index in [1.807, 2.05) is 0 Å². The van der Waals surface area contributed by atoms with Gasteiger partial charge in [-0.3, -0.25) is 9.59 Å². The van der Waals surface area contributed by atoms with Crippen molar-refractivity contribution in [2.45, 2.75) is 101 Å². The molecule has 0 unspecified atom stereocenters. The fraction of sp³-hybridized carbons (Fsp3) is 0.911. The van der Waals surface area contributed by atoms with Gasteiger partial charge in [-0.05, 0) is 72.6 Å². The molecule has 3 amide bonds. The molecule has 0 aliphatic carbocycles. The zero-order valence-corrected chi connectivity index (χ0v) is 38.4. The Labute approximate surface area is 403 Å². The van der Waals surface area contributed by atoms with E-state index >= 15 is 0 Å². The van der Waals surface area contributed by atoms with Crippen LogP contribution in [0.5, 0.6) is 0 Å². The van der Waals surface area contributed by atoms with Crippen molar-refractivity contribution in [2.75, 3.05) is 165 Å². The van der Waals surface area contributed by atoms with Gasteiger partial charge in [0.1, 0.15) is 5.60 Å². The molecule has 22 nitrogen and oxygen atoms in total. The Balaban J connectivity index is -0.000000379. The molecule has 1 heterocycles. The predicted molar refractivity (Wildman–Crippen MR) is 258 cm³/mol. The van der Waals surface area contributed by atoms with Crippen LogP contribution in [-0.2, 0) is 71.3 Å². The molecule has 1 aliphatic rings. The van der Waals surface area contributed by atoms with E-state index in [0.717, 1.165) is 25.7 Å². The second kappa shape index (κ2) is 51.2. The van der Waals surface area contributed by atoms with Crippen molar-refractivity contribution in [3.05, 3.63) is 0 Å². The summed E-state index contributed by atoms with van der Waals surface area (Å²) in [7, 11) is 0. The third-order valence-electron chi connectivity index (χ3n) is 8.03. The summed E-state index contributed by atoms with van der Waals surface area (Å²) in [5, 5.41) is 3.05. The Kier molecular flexibility index (Phi) is 56.0. The highest BCUT2D eigenvalue weighted by Gasteiger charge is 2.33. The average molecular weight is 979 g/mol. The SMILES string of the molecule is C.C.C.C.CC(C)(C)OC(=O)NCCOCCOCCC(=O)ON1C(=O)CCC1=O.NCCCOCCOCC(COCCOCCCN)(COCCOCCCN)COCCOCCCN. The lowest BCUT2D eigenvalue weighted by molar-refractivity contribution is -0.198. The number of hydrogen-bond acceptors (Lipinski definition) is 20. The van der Waals surface area contributed by atoms with Crippen LogP contribution >= 0.6 is 0 Å². The lowest BCUT2D eigenvalue weighted by Gasteiger charge is -2.33. The number of nitrogens with zero attached hydrogens (tertiary/aromatic N) is 1. The Hall–Kier alpha value is -2.68. The molecule has 0 bridgehead atoms. The van der Waals surface area contributed by atoms with Crippen LogP contribution in [0.3, 0.4) is 0 Å². The molecule has 9 N–H and O–H groups in total. The molecule has 404 valence electrons. The van der Waals surface area contributed by atoms with E-state index in [1.165, 1.54) is 0 Å². The van der Waals surface area contributed by atoms with Gasteiger partial charge in [0.05, 0.1) is 118 Å². The summed E-state index contributed by atoms with van der Waals surface area (Å²) in [6.45, 7) is 16.9. The maximum absolute atomic E-state index is 11.5. The van der Waals surface area contributed by atoms with E-state index in [4.69, 9.17) is 75.0 Å². The van der Waals surface area contributed by atoms with E-state index in [9.17, 15) is 19.2 Å². The van der Waals surface area contributed by atoms with Crippen molar-refractivity contribution < 1.29 is 76.1 Å². The molecule has 67 heavy (non-hydrogen) atoms. The molecule has 0 aromatic carbocycles. The summed E-state index contributed by atoms with van der Waals surface area (Å²) in [5.74, 6) is -1.74.